The zero-order chi connectivity index (χ0) is 13.4. The van der Waals surface area contributed by atoms with E-state index in [0.29, 0.717) is 17.0 Å². The van der Waals surface area contributed by atoms with Gasteiger partial charge in [-0.05, 0) is 18.2 Å². The fourth-order valence-corrected chi connectivity index (χ4v) is 1.91. The van der Waals surface area contributed by atoms with E-state index in [9.17, 15) is 8.78 Å². The molecule has 2 heterocycles. The van der Waals surface area contributed by atoms with Crippen molar-refractivity contribution in [2.75, 3.05) is 5.73 Å². The smallest absolute Gasteiger partial charge is 0.153 e. The molecule has 0 fully saturated rings. The van der Waals surface area contributed by atoms with E-state index in [2.05, 4.69) is 20.4 Å². The van der Waals surface area contributed by atoms with Gasteiger partial charge in [0.2, 0.25) is 0 Å². The molecule has 0 aliphatic rings. The topological polar surface area (TPSA) is 83.4 Å². The summed E-state index contributed by atoms with van der Waals surface area (Å²) in [7, 11) is 0. The summed E-state index contributed by atoms with van der Waals surface area (Å²) in [6.07, 6.45) is 1.55. The lowest BCUT2D eigenvalue weighted by Gasteiger charge is -2.04. The first-order valence-corrected chi connectivity index (χ1v) is 5.46. The Morgan fingerprint density at radius 2 is 1.95 bits per heavy atom. The fraction of sp³-hybridized carbons (Fsp3) is 0. The minimum Gasteiger partial charge on any atom is -0.382 e. The van der Waals surface area contributed by atoms with Gasteiger partial charge in [-0.25, -0.2) is 8.78 Å². The molecule has 0 unspecified atom stereocenters. The van der Waals surface area contributed by atoms with Gasteiger partial charge >= 0.3 is 0 Å². The lowest BCUT2D eigenvalue weighted by Crippen LogP contribution is -1.92. The Hall–Kier alpha value is -2.70. The molecule has 0 atom stereocenters. The average molecular weight is 261 g/mol. The van der Waals surface area contributed by atoms with Gasteiger partial charge in [-0.15, -0.1) is 0 Å². The predicted octanol–water partition coefficient (Wildman–Crippen LogP) is 2.33. The molecule has 19 heavy (non-hydrogen) atoms. The van der Waals surface area contributed by atoms with Crippen molar-refractivity contribution < 1.29 is 8.78 Å². The molecular formula is C12H9F2N5. The number of nitrogens with zero attached hydrogens (tertiary/aromatic N) is 2. The third kappa shape index (κ3) is 1.85. The number of aromatic nitrogens is 4. The number of hydrogen-bond acceptors (Lipinski definition) is 3. The molecule has 0 radical (unpaired) electrons. The van der Waals surface area contributed by atoms with E-state index in [1.807, 2.05) is 0 Å². The maximum Gasteiger partial charge on any atom is 0.153 e. The Labute approximate surface area is 106 Å². The van der Waals surface area contributed by atoms with Crippen LogP contribution < -0.4 is 5.73 Å². The van der Waals surface area contributed by atoms with E-state index in [4.69, 9.17) is 5.73 Å². The number of H-pyrrole nitrogens is 2. The molecule has 0 saturated heterocycles. The summed E-state index contributed by atoms with van der Waals surface area (Å²) in [5.41, 5.74) is 7.42. The van der Waals surface area contributed by atoms with Gasteiger partial charge in [0.1, 0.15) is 11.6 Å². The molecule has 2 aromatic heterocycles. The van der Waals surface area contributed by atoms with Gasteiger partial charge in [-0.1, -0.05) is 0 Å². The third-order valence-corrected chi connectivity index (χ3v) is 2.76. The molecule has 0 amide bonds. The molecule has 0 spiro atoms. The van der Waals surface area contributed by atoms with E-state index in [1.165, 1.54) is 12.1 Å². The monoisotopic (exact) mass is 261 g/mol. The molecule has 0 saturated carbocycles. The van der Waals surface area contributed by atoms with Crippen LogP contribution in [0, 0.1) is 11.6 Å². The molecule has 0 aliphatic heterocycles. The molecular weight excluding hydrogens is 252 g/mol. The van der Waals surface area contributed by atoms with Crippen LogP contribution in [0.5, 0.6) is 0 Å². The molecule has 0 aliphatic carbocycles. The highest BCUT2D eigenvalue weighted by molar-refractivity contribution is 5.86. The Morgan fingerprint density at radius 3 is 2.63 bits per heavy atom. The molecule has 5 nitrogen and oxygen atoms in total. The number of aromatic amines is 2. The SMILES string of the molecule is Nc1n[nH]c(-c2ccn[nH]2)c1-c1ccc(F)cc1F. The average Bonchev–Trinajstić information content (AvgIpc) is 2.99. The van der Waals surface area contributed by atoms with E-state index < -0.39 is 11.6 Å². The van der Waals surface area contributed by atoms with Gasteiger partial charge in [-0.2, -0.15) is 10.2 Å². The number of anilines is 1. The van der Waals surface area contributed by atoms with Crippen molar-refractivity contribution >= 4 is 5.82 Å². The van der Waals surface area contributed by atoms with Gasteiger partial charge in [0.15, 0.2) is 5.82 Å². The first-order chi connectivity index (χ1) is 9.16. The van der Waals surface area contributed by atoms with Crippen LogP contribution in [-0.2, 0) is 0 Å². The second-order valence-electron chi connectivity index (χ2n) is 3.95. The lowest BCUT2D eigenvalue weighted by molar-refractivity contribution is 0.585. The van der Waals surface area contributed by atoms with Crippen LogP contribution in [0.3, 0.4) is 0 Å². The third-order valence-electron chi connectivity index (χ3n) is 2.76. The summed E-state index contributed by atoms with van der Waals surface area (Å²) < 4.78 is 26.8. The number of nitrogens with two attached hydrogens (primary N) is 1. The van der Waals surface area contributed by atoms with Crippen molar-refractivity contribution in [3.8, 4) is 22.5 Å². The summed E-state index contributed by atoms with van der Waals surface area (Å²) in [5, 5.41) is 13.1. The van der Waals surface area contributed by atoms with E-state index in [0.717, 1.165) is 6.07 Å². The summed E-state index contributed by atoms with van der Waals surface area (Å²) in [4.78, 5) is 0. The fourth-order valence-electron chi connectivity index (χ4n) is 1.91. The van der Waals surface area contributed by atoms with Gasteiger partial charge in [0.05, 0.1) is 17.0 Å². The zero-order valence-electron chi connectivity index (χ0n) is 9.61. The maximum absolute atomic E-state index is 13.9. The first-order valence-electron chi connectivity index (χ1n) is 5.46. The number of nitrogen functional groups attached to an aromatic ring is 1. The first kappa shape index (κ1) is 11.4. The second-order valence-corrected chi connectivity index (χ2v) is 3.95. The van der Waals surface area contributed by atoms with Crippen molar-refractivity contribution in [1.29, 1.82) is 0 Å². The van der Waals surface area contributed by atoms with Crippen molar-refractivity contribution in [2.45, 2.75) is 0 Å². The van der Waals surface area contributed by atoms with Gasteiger partial charge in [0.25, 0.3) is 0 Å². The molecule has 3 rings (SSSR count). The van der Waals surface area contributed by atoms with E-state index >= 15 is 0 Å². The number of benzene rings is 1. The summed E-state index contributed by atoms with van der Waals surface area (Å²) in [6, 6.07) is 4.99. The Balaban J connectivity index is 2.22. The van der Waals surface area contributed by atoms with Crippen LogP contribution >= 0.6 is 0 Å². The molecule has 96 valence electrons. The van der Waals surface area contributed by atoms with Crippen LogP contribution in [0.15, 0.2) is 30.5 Å². The number of nitrogens with one attached hydrogen (secondary N) is 2. The molecule has 7 heteroatoms. The summed E-state index contributed by atoms with van der Waals surface area (Å²) in [6.45, 7) is 0. The largest absolute Gasteiger partial charge is 0.382 e. The zero-order valence-corrected chi connectivity index (χ0v) is 9.61. The normalized spacial score (nSPS) is 10.8. The van der Waals surface area contributed by atoms with Gasteiger partial charge in [-0.3, -0.25) is 10.2 Å². The minimum atomic E-state index is -0.700. The predicted molar refractivity (Wildman–Crippen MR) is 65.9 cm³/mol. The lowest BCUT2D eigenvalue weighted by atomic mass is 10.0. The van der Waals surface area contributed by atoms with Crippen LogP contribution in [0.4, 0.5) is 14.6 Å². The highest BCUT2D eigenvalue weighted by atomic mass is 19.1. The standard InChI is InChI=1S/C12H9F2N5/c13-6-1-2-7(8(14)5-6)10-11(18-19-12(10)15)9-3-4-16-17-9/h1-5H,(H,16,17)(H3,15,18,19). The van der Waals surface area contributed by atoms with Gasteiger partial charge in [0, 0.05) is 17.8 Å². The Bertz CT molecular complexity index is 718. The number of halogens is 2. The van der Waals surface area contributed by atoms with Crippen molar-refractivity contribution in [3.63, 3.8) is 0 Å². The van der Waals surface area contributed by atoms with Gasteiger partial charge < -0.3 is 5.73 Å². The minimum absolute atomic E-state index is 0.134. The van der Waals surface area contributed by atoms with Crippen LogP contribution in [-0.4, -0.2) is 20.4 Å². The van der Waals surface area contributed by atoms with Crippen molar-refractivity contribution in [3.05, 3.63) is 42.1 Å². The maximum atomic E-state index is 13.9. The molecule has 4 N–H and O–H groups in total. The van der Waals surface area contributed by atoms with Crippen molar-refractivity contribution in [2.24, 2.45) is 0 Å². The number of hydrogen-bond donors (Lipinski definition) is 3. The van der Waals surface area contributed by atoms with E-state index in [1.54, 1.807) is 12.3 Å². The Morgan fingerprint density at radius 1 is 1.11 bits per heavy atom. The highest BCUT2D eigenvalue weighted by Gasteiger charge is 2.18. The second kappa shape index (κ2) is 4.20. The van der Waals surface area contributed by atoms with Crippen LogP contribution in [0.2, 0.25) is 0 Å². The van der Waals surface area contributed by atoms with E-state index in [-0.39, 0.29) is 11.4 Å². The molecule has 3 aromatic rings. The quantitative estimate of drug-likeness (QED) is 0.662. The molecule has 1 aromatic carbocycles. The van der Waals surface area contributed by atoms with Crippen molar-refractivity contribution in [1.82, 2.24) is 20.4 Å². The summed E-state index contributed by atoms with van der Waals surface area (Å²) >= 11 is 0. The molecule has 0 bridgehead atoms. The highest BCUT2D eigenvalue weighted by Crippen LogP contribution is 2.35. The van der Waals surface area contributed by atoms with Crippen LogP contribution in [0.1, 0.15) is 0 Å². The number of rotatable bonds is 2. The Kier molecular flexibility index (Phi) is 2.52. The van der Waals surface area contributed by atoms with Crippen LogP contribution in [0.25, 0.3) is 22.5 Å². The summed E-state index contributed by atoms with van der Waals surface area (Å²) in [5.74, 6) is -1.21.